The summed E-state index contributed by atoms with van der Waals surface area (Å²) in [6, 6.07) is 7.48. The molecule has 1 atom stereocenters. The molecule has 0 bridgehead atoms. The van der Waals surface area contributed by atoms with Crippen LogP contribution >= 0.6 is 0 Å². The van der Waals surface area contributed by atoms with Gasteiger partial charge in [0.15, 0.2) is 0 Å². The van der Waals surface area contributed by atoms with Crippen LogP contribution in [0.1, 0.15) is 34.7 Å². The summed E-state index contributed by atoms with van der Waals surface area (Å²) in [7, 11) is 0. The van der Waals surface area contributed by atoms with Crippen molar-refractivity contribution in [2.75, 3.05) is 13.3 Å². The summed E-state index contributed by atoms with van der Waals surface area (Å²) in [6.45, 7) is 4.81. The lowest BCUT2D eigenvalue weighted by atomic mass is 10.0. The van der Waals surface area contributed by atoms with Gasteiger partial charge in [0.25, 0.3) is 0 Å². The van der Waals surface area contributed by atoms with E-state index < -0.39 is 0 Å². The standard InChI is InChI=1S/C15H18N4O2/c1-3-21-15(20)10-4-5-13-11(7-10)12(6-9(2)18-13)14-16-8-17-19-14/h4-7,14,16-17,19H,3,8H2,1-2H3. The van der Waals surface area contributed by atoms with Crippen LogP contribution in [0.5, 0.6) is 0 Å². The smallest absolute Gasteiger partial charge is 0.338 e. The number of hydrogen-bond donors (Lipinski definition) is 3. The Bertz CT molecular complexity index is 681. The summed E-state index contributed by atoms with van der Waals surface area (Å²) < 4.78 is 5.06. The van der Waals surface area contributed by atoms with E-state index in [1.54, 1.807) is 13.0 Å². The second kappa shape index (κ2) is 5.77. The van der Waals surface area contributed by atoms with Crippen LogP contribution in [0.2, 0.25) is 0 Å². The number of aromatic nitrogens is 1. The number of hydrogen-bond acceptors (Lipinski definition) is 6. The fourth-order valence-electron chi connectivity index (χ4n) is 2.51. The van der Waals surface area contributed by atoms with Crippen LogP contribution in [-0.4, -0.2) is 24.2 Å². The van der Waals surface area contributed by atoms with E-state index in [4.69, 9.17) is 4.74 Å². The number of carbonyl (C=O) groups excluding carboxylic acids is 1. The van der Waals surface area contributed by atoms with Crippen molar-refractivity contribution in [3.63, 3.8) is 0 Å². The molecule has 1 saturated heterocycles. The summed E-state index contributed by atoms with van der Waals surface area (Å²) in [4.78, 5) is 16.4. The highest BCUT2D eigenvalue weighted by atomic mass is 16.5. The number of esters is 1. The number of hydrazine groups is 1. The third kappa shape index (κ3) is 2.73. The number of rotatable bonds is 3. The molecule has 3 N–H and O–H groups in total. The molecule has 6 heteroatoms. The fourth-order valence-corrected chi connectivity index (χ4v) is 2.51. The Morgan fingerprint density at radius 2 is 2.29 bits per heavy atom. The average Bonchev–Trinajstić information content (AvgIpc) is 3.00. The molecule has 1 fully saturated rings. The van der Waals surface area contributed by atoms with E-state index in [1.165, 1.54) is 0 Å². The molecule has 3 rings (SSSR count). The van der Waals surface area contributed by atoms with Gasteiger partial charge in [-0.3, -0.25) is 10.3 Å². The maximum absolute atomic E-state index is 11.9. The van der Waals surface area contributed by atoms with Crippen molar-refractivity contribution in [1.29, 1.82) is 0 Å². The predicted molar refractivity (Wildman–Crippen MR) is 79.5 cm³/mol. The van der Waals surface area contributed by atoms with Crippen LogP contribution in [0, 0.1) is 6.92 Å². The molecular formula is C15H18N4O2. The molecule has 110 valence electrons. The molecule has 0 saturated carbocycles. The third-order valence-corrected chi connectivity index (χ3v) is 3.43. The first-order valence-corrected chi connectivity index (χ1v) is 6.99. The molecule has 1 aliphatic rings. The van der Waals surface area contributed by atoms with Crippen molar-refractivity contribution >= 4 is 16.9 Å². The number of nitrogens with zero attached hydrogens (tertiary/aromatic N) is 1. The number of aryl methyl sites for hydroxylation is 1. The van der Waals surface area contributed by atoms with Crippen LogP contribution in [0.3, 0.4) is 0 Å². The minimum Gasteiger partial charge on any atom is -0.462 e. The van der Waals surface area contributed by atoms with Gasteiger partial charge >= 0.3 is 5.97 Å². The highest BCUT2D eigenvalue weighted by molar-refractivity contribution is 5.95. The number of ether oxygens (including phenoxy) is 1. The minimum atomic E-state index is -0.309. The molecule has 0 radical (unpaired) electrons. The van der Waals surface area contributed by atoms with Crippen LogP contribution < -0.4 is 16.2 Å². The van der Waals surface area contributed by atoms with Gasteiger partial charge in [-0.25, -0.2) is 15.6 Å². The number of benzene rings is 1. The summed E-state index contributed by atoms with van der Waals surface area (Å²) in [6.07, 6.45) is -0.00774. The van der Waals surface area contributed by atoms with Gasteiger partial charge in [-0.1, -0.05) is 0 Å². The van der Waals surface area contributed by atoms with Gasteiger partial charge in [0.2, 0.25) is 0 Å². The number of pyridine rings is 1. The van der Waals surface area contributed by atoms with Gasteiger partial charge in [-0.05, 0) is 43.7 Å². The predicted octanol–water partition coefficient (Wildman–Crippen LogP) is 1.37. The molecule has 6 nitrogen and oxygen atoms in total. The second-order valence-electron chi connectivity index (χ2n) is 4.94. The molecule has 1 aliphatic heterocycles. The molecule has 21 heavy (non-hydrogen) atoms. The maximum atomic E-state index is 11.9. The van der Waals surface area contributed by atoms with Gasteiger partial charge in [-0.2, -0.15) is 0 Å². The molecule has 0 aliphatic carbocycles. The summed E-state index contributed by atoms with van der Waals surface area (Å²) >= 11 is 0. The van der Waals surface area contributed by atoms with E-state index in [0.29, 0.717) is 18.8 Å². The van der Waals surface area contributed by atoms with Crippen molar-refractivity contribution < 1.29 is 9.53 Å². The molecule has 1 aromatic heterocycles. The van der Waals surface area contributed by atoms with Gasteiger partial charge in [-0.15, -0.1) is 0 Å². The Morgan fingerprint density at radius 1 is 1.43 bits per heavy atom. The quantitative estimate of drug-likeness (QED) is 0.740. The van der Waals surface area contributed by atoms with E-state index in [9.17, 15) is 4.79 Å². The Balaban J connectivity index is 2.11. The van der Waals surface area contributed by atoms with E-state index in [-0.39, 0.29) is 12.1 Å². The summed E-state index contributed by atoms with van der Waals surface area (Å²) in [5.41, 5.74) is 9.62. The summed E-state index contributed by atoms with van der Waals surface area (Å²) in [5, 5.41) is 4.24. The zero-order chi connectivity index (χ0) is 14.8. The third-order valence-electron chi connectivity index (χ3n) is 3.43. The SMILES string of the molecule is CCOC(=O)c1ccc2nc(C)cc(C3NCNN3)c2c1. The van der Waals surface area contributed by atoms with E-state index >= 15 is 0 Å². The lowest BCUT2D eigenvalue weighted by molar-refractivity contribution is 0.0526. The Labute approximate surface area is 122 Å². The molecular weight excluding hydrogens is 268 g/mol. The van der Waals surface area contributed by atoms with E-state index in [2.05, 4.69) is 21.2 Å². The zero-order valence-corrected chi connectivity index (χ0v) is 12.1. The van der Waals surface area contributed by atoms with Gasteiger partial charge < -0.3 is 4.74 Å². The lowest BCUT2D eigenvalue weighted by Crippen LogP contribution is -2.26. The molecule has 0 amide bonds. The van der Waals surface area contributed by atoms with Crippen molar-refractivity contribution in [2.24, 2.45) is 0 Å². The lowest BCUT2D eigenvalue weighted by Gasteiger charge is -2.15. The zero-order valence-electron chi connectivity index (χ0n) is 12.1. The molecule has 2 heterocycles. The van der Waals surface area contributed by atoms with Crippen molar-refractivity contribution in [3.05, 3.63) is 41.1 Å². The molecule has 2 aromatic rings. The first-order chi connectivity index (χ1) is 10.2. The van der Waals surface area contributed by atoms with Crippen LogP contribution in [0.4, 0.5) is 0 Å². The number of fused-ring (bicyclic) bond motifs is 1. The van der Waals surface area contributed by atoms with Gasteiger partial charge in [0.05, 0.1) is 30.5 Å². The molecule has 0 spiro atoms. The monoisotopic (exact) mass is 286 g/mol. The van der Waals surface area contributed by atoms with Crippen molar-refractivity contribution in [1.82, 2.24) is 21.2 Å². The van der Waals surface area contributed by atoms with E-state index in [1.807, 2.05) is 25.1 Å². The maximum Gasteiger partial charge on any atom is 0.338 e. The fraction of sp³-hybridized carbons (Fsp3) is 0.333. The number of carbonyl (C=O) groups is 1. The van der Waals surface area contributed by atoms with Crippen molar-refractivity contribution in [2.45, 2.75) is 20.0 Å². The number of nitrogens with one attached hydrogen (secondary N) is 3. The summed E-state index contributed by atoms with van der Waals surface area (Å²) in [5.74, 6) is -0.309. The Hall–Kier alpha value is -2.02. The normalized spacial score (nSPS) is 18.1. The Kier molecular flexibility index (Phi) is 3.83. The van der Waals surface area contributed by atoms with Crippen LogP contribution in [0.25, 0.3) is 10.9 Å². The van der Waals surface area contributed by atoms with Crippen LogP contribution in [-0.2, 0) is 4.74 Å². The topological polar surface area (TPSA) is 75.3 Å². The largest absolute Gasteiger partial charge is 0.462 e. The Morgan fingerprint density at radius 3 is 3.00 bits per heavy atom. The van der Waals surface area contributed by atoms with E-state index in [0.717, 1.165) is 22.2 Å². The van der Waals surface area contributed by atoms with Crippen molar-refractivity contribution in [3.8, 4) is 0 Å². The highest BCUT2D eigenvalue weighted by Gasteiger charge is 2.19. The molecule has 1 aromatic carbocycles. The first kappa shape index (κ1) is 13.9. The average molecular weight is 286 g/mol. The second-order valence-corrected chi connectivity index (χ2v) is 4.94. The molecule has 1 unspecified atom stereocenters. The first-order valence-electron chi connectivity index (χ1n) is 6.99. The minimum absolute atomic E-state index is 0.00774. The highest BCUT2D eigenvalue weighted by Crippen LogP contribution is 2.25. The van der Waals surface area contributed by atoms with Gasteiger partial charge in [0, 0.05) is 11.1 Å². The van der Waals surface area contributed by atoms with Gasteiger partial charge in [0.1, 0.15) is 0 Å². The van der Waals surface area contributed by atoms with Crippen LogP contribution in [0.15, 0.2) is 24.3 Å².